The van der Waals surface area contributed by atoms with E-state index in [4.69, 9.17) is 40.2 Å². The highest BCUT2D eigenvalue weighted by Crippen LogP contribution is 2.57. The lowest BCUT2D eigenvalue weighted by Gasteiger charge is -2.37. The van der Waals surface area contributed by atoms with Crippen molar-refractivity contribution in [1.82, 2.24) is 49.5 Å². The Morgan fingerprint density at radius 3 is 1.41 bits per heavy atom. The number of sulfonamides is 2. The predicted molar refractivity (Wildman–Crippen MR) is 502 cm³/mol. The highest BCUT2D eigenvalue weighted by molar-refractivity contribution is 9.11. The normalized spacial score (nSPS) is 19.1. The largest absolute Gasteiger partial charge is 0.490 e. The van der Waals surface area contributed by atoms with E-state index in [1.807, 2.05) is 157 Å². The molecule has 7 aliphatic heterocycles. The number of piperidine rings is 1. The third kappa shape index (κ3) is 20.7. The minimum atomic E-state index is -3.49. The van der Waals surface area contributed by atoms with Gasteiger partial charge in [-0.3, -0.25) is 44.0 Å². The topological polar surface area (TPSA) is 346 Å². The molecule has 0 radical (unpaired) electrons. The molecule has 6 aromatic heterocycles. The Labute approximate surface area is 753 Å². The van der Waals surface area contributed by atoms with E-state index >= 15 is 0 Å². The van der Waals surface area contributed by atoms with Gasteiger partial charge in [0.15, 0.2) is 0 Å². The fraction of sp³-hybridized carbons (Fsp3) is 0.467. The second-order valence-electron chi connectivity index (χ2n) is 36.5. The third-order valence-electron chi connectivity index (χ3n) is 24.4. The van der Waals surface area contributed by atoms with Gasteiger partial charge in [0, 0.05) is 126 Å². The van der Waals surface area contributed by atoms with Crippen LogP contribution in [0.15, 0.2) is 135 Å². The number of ether oxygens (including phenoxy) is 2. The number of likely N-dealkylation sites (tertiary alicyclic amines) is 1. The molecule has 4 amide bonds. The molecule has 0 atom stereocenters. The summed E-state index contributed by atoms with van der Waals surface area (Å²) in [6.07, 6.45) is 28.3. The first-order valence-corrected chi connectivity index (χ1v) is 48.0. The van der Waals surface area contributed by atoms with Crippen LogP contribution in [-0.2, 0) is 59.2 Å². The number of carbonyl (C=O) groups excluding carboxylic acids is 4. The van der Waals surface area contributed by atoms with E-state index in [0.717, 1.165) is 207 Å². The van der Waals surface area contributed by atoms with Gasteiger partial charge in [0.25, 0.3) is 0 Å². The molecule has 28 nitrogen and oxygen atoms in total. The molecule has 13 heterocycles. The Morgan fingerprint density at radius 1 is 0.524 bits per heavy atom. The van der Waals surface area contributed by atoms with E-state index in [-0.39, 0.29) is 48.2 Å². The van der Waals surface area contributed by atoms with Crippen molar-refractivity contribution >= 4 is 166 Å². The Balaban J connectivity index is 0.000000141. The number of pyridine rings is 6. The first-order chi connectivity index (χ1) is 58.2. The maximum Gasteiger partial charge on any atom is 0.490 e. The van der Waals surface area contributed by atoms with Crippen molar-refractivity contribution in [3.63, 3.8) is 0 Å². The summed E-state index contributed by atoms with van der Waals surface area (Å²) in [6, 6.07) is 19.5. The molecule has 124 heavy (non-hydrogen) atoms. The van der Waals surface area contributed by atoms with E-state index in [9.17, 15) is 36.0 Å². The molecule has 9 aliphatic rings. The molecule has 2 aliphatic carbocycles. The second-order valence-corrected chi connectivity index (χ2v) is 42.6. The van der Waals surface area contributed by atoms with Crippen LogP contribution in [0.5, 0.6) is 0 Å². The molecule has 17 rings (SSSR count). The highest BCUT2D eigenvalue weighted by atomic mass is 79.9. The van der Waals surface area contributed by atoms with Crippen molar-refractivity contribution < 1.29 is 54.8 Å². The molecule has 2 spiro atoms. The molecule has 34 heteroatoms. The van der Waals surface area contributed by atoms with Gasteiger partial charge >= 0.3 is 19.3 Å². The second kappa shape index (κ2) is 36.4. The number of carbonyl (C=O) groups is 4. The molecule has 2 aromatic carbocycles. The lowest BCUT2D eigenvalue weighted by atomic mass is 9.64. The minimum Gasteiger partial charge on any atom is -0.444 e. The number of benzene rings is 2. The summed E-state index contributed by atoms with van der Waals surface area (Å²) >= 11 is 9.75. The third-order valence-corrected chi connectivity index (χ3v) is 27.1. The molecule has 660 valence electrons. The molecule has 6 N–H and O–H groups in total. The maximum absolute atomic E-state index is 13.2. The number of nitrogens with zero attached hydrogens (tertiary/aromatic N) is 12. The number of fused-ring (bicyclic) bond motifs is 8. The van der Waals surface area contributed by atoms with Crippen molar-refractivity contribution in [2.24, 2.45) is 0 Å². The summed E-state index contributed by atoms with van der Waals surface area (Å²) in [5.41, 5.74) is 25.9. The summed E-state index contributed by atoms with van der Waals surface area (Å²) < 4.78 is 79.6. The average molecular weight is 1920 g/mol. The maximum atomic E-state index is 13.2. The smallest absolute Gasteiger partial charge is 0.444 e. The monoisotopic (exact) mass is 1920 g/mol. The summed E-state index contributed by atoms with van der Waals surface area (Å²) in [5, 5.41) is 1.96. The van der Waals surface area contributed by atoms with Gasteiger partial charge in [-0.05, 0) is 278 Å². The number of hydrogen-bond acceptors (Lipinski definition) is 22. The van der Waals surface area contributed by atoms with Crippen LogP contribution in [0, 0.1) is 0 Å². The Morgan fingerprint density at radius 2 is 0.976 bits per heavy atom. The highest BCUT2D eigenvalue weighted by Gasteiger charge is 2.57. The number of nitrogens with one attached hydrogen (secondary N) is 2. The van der Waals surface area contributed by atoms with Gasteiger partial charge < -0.3 is 59.6 Å². The molecule has 2 saturated heterocycles. The molecule has 0 unspecified atom stereocenters. The van der Waals surface area contributed by atoms with Crippen LogP contribution in [0.2, 0.25) is 0 Å². The van der Waals surface area contributed by atoms with Gasteiger partial charge in [-0.2, -0.15) is 0 Å². The van der Waals surface area contributed by atoms with Gasteiger partial charge in [0.1, 0.15) is 15.8 Å². The van der Waals surface area contributed by atoms with Crippen LogP contribution >= 0.6 is 47.8 Å². The van der Waals surface area contributed by atoms with Crippen LogP contribution in [0.4, 0.5) is 43.7 Å². The van der Waals surface area contributed by atoms with E-state index in [0.29, 0.717) is 59.2 Å². The Bertz CT molecular complexity index is 5810. The summed E-state index contributed by atoms with van der Waals surface area (Å²) in [7, 11) is 0.549. The molecule has 2 saturated carbocycles. The zero-order chi connectivity index (χ0) is 89.7. The van der Waals surface area contributed by atoms with Crippen molar-refractivity contribution in [2.45, 2.75) is 179 Å². The number of halogens is 3. The molecule has 4 fully saturated rings. The van der Waals surface area contributed by atoms with Crippen LogP contribution in [0.3, 0.4) is 0 Å². The Hall–Kier alpha value is -9.00. The first kappa shape index (κ1) is 92.7. The standard InChI is InChI=1S/C27H31N5O3S.C27H29N5O3S.C16H28BNO4.C15H20BrN3O2.C5H4Br2N2/c2*1-31-11-7-17(8-12-31)25-22(30-36(3,34)35)14-19(15-29-25)18-5-6-21-20(13-18)24-23(16-28-21)32(2)26(33)27(24)9-4-10-27;1-14(2,3)20-13(19)18-10-8-12(9-11-18)17-21-15(4,5)16(6,7)22-17;1-15(2,3)21-14(20)19-6-4-10(5-7-19)13-12(17)8-11(16)9-18-13;6-3-1-4(8)5(7)9-2-3/h5-6,13-17,30H,4,7-12H2,1-3H3;5-7,13-16,30H,4,8-12H2,1-3H3;8H,9-11H2,1-7H3;4,8-9H,5-7,17H2,1-3H3;1-2H,8H2. The van der Waals surface area contributed by atoms with Crippen LogP contribution in [-0.4, -0.2) is 213 Å². The lowest BCUT2D eigenvalue weighted by molar-refractivity contribution is -0.126. The number of likely N-dealkylation sites (N-methyl/N-ethyl adjacent to an activating group) is 3. The number of rotatable bonds is 10. The van der Waals surface area contributed by atoms with Gasteiger partial charge in [0.2, 0.25) is 31.9 Å². The fourth-order valence-electron chi connectivity index (χ4n) is 16.9. The predicted octanol–water partition coefficient (Wildman–Crippen LogP) is 16.5. The number of amides is 4. The molecule has 8 aromatic rings. The van der Waals surface area contributed by atoms with Crippen molar-refractivity contribution in [3.8, 4) is 22.3 Å². The van der Waals surface area contributed by atoms with Crippen LogP contribution in [0.25, 0.3) is 55.2 Å². The number of hydrogen-bond donors (Lipinski definition) is 4. The zero-order valence-corrected chi connectivity index (χ0v) is 79.8. The van der Waals surface area contributed by atoms with E-state index in [2.05, 4.69) is 119 Å². The van der Waals surface area contributed by atoms with Crippen LogP contribution in [0.1, 0.15) is 174 Å². The minimum absolute atomic E-state index is 0.153. The zero-order valence-electron chi connectivity index (χ0n) is 73.4. The van der Waals surface area contributed by atoms with E-state index in [1.54, 1.807) is 44.3 Å². The first-order valence-electron chi connectivity index (χ1n) is 41.8. The van der Waals surface area contributed by atoms with Gasteiger partial charge in [0.05, 0.1) is 109 Å². The lowest BCUT2D eigenvalue weighted by Crippen LogP contribution is -2.43. The number of nitrogen functional groups attached to an aromatic ring is 2. The van der Waals surface area contributed by atoms with Gasteiger partial charge in [-0.1, -0.05) is 43.2 Å². The van der Waals surface area contributed by atoms with Gasteiger partial charge in [-0.25, -0.2) is 31.4 Å². The molecule has 0 bridgehead atoms. The average Bonchev–Trinajstić information content (AvgIpc) is 1.55. The number of anilines is 6. The number of aromatic nitrogens is 6. The van der Waals surface area contributed by atoms with Crippen molar-refractivity contribution in [3.05, 3.63) is 163 Å². The molecular formula is C90H112BBr3N16O12S2. The van der Waals surface area contributed by atoms with E-state index in [1.165, 1.54) is 6.26 Å². The summed E-state index contributed by atoms with van der Waals surface area (Å²) in [4.78, 5) is 88.8. The van der Waals surface area contributed by atoms with Crippen molar-refractivity contribution in [1.29, 1.82) is 0 Å². The summed E-state index contributed by atoms with van der Waals surface area (Å²) in [6.45, 7) is 25.3. The van der Waals surface area contributed by atoms with Gasteiger partial charge in [-0.15, -0.1) is 0 Å². The fourth-order valence-corrected chi connectivity index (χ4v) is 18.9. The summed E-state index contributed by atoms with van der Waals surface area (Å²) in [5.74, 6) is 0.524. The SMILES string of the molecule is CC(C)(C)OC(=O)N1CC=C(B2OC(C)(C)C(C)(C)O2)CC1.CC(C)(C)OC(=O)N1CC=C(c2ncc(Br)cc2N)CC1.CN1CC=C(c2ncc(-c3ccc4ncc5c(c4c3)C3(CCC3)C(=O)N5C)cc2NS(C)(=O)=O)CC1.CN1CCC(c2ncc(-c3ccc4ncc5c(c4c3)C3(CCC3)C(=O)N5C)cc2NS(C)(=O)=O)CC1.Nc1cc(Br)cnc1Br. The number of nitrogens with two attached hydrogens (primary N) is 2. The quantitative estimate of drug-likeness (QED) is 0.0730. The van der Waals surface area contributed by atoms with Crippen molar-refractivity contribution in [2.75, 3.05) is 124 Å². The Kier molecular flexibility index (Phi) is 27.2. The van der Waals surface area contributed by atoms with Crippen LogP contribution < -0.4 is 30.7 Å². The van der Waals surface area contributed by atoms with E-state index < -0.39 is 42.1 Å². The molecular weight excluding hydrogens is 1810 g/mol.